The molecule has 1 aromatic heterocycles. The molecular formula is C20H20N2OS. The van der Waals surface area contributed by atoms with Gasteiger partial charge in [0.05, 0.1) is 18.7 Å². The topological polar surface area (TPSA) is 42.0 Å². The molecule has 0 saturated carbocycles. The van der Waals surface area contributed by atoms with Crippen molar-refractivity contribution in [2.45, 2.75) is 26.8 Å². The summed E-state index contributed by atoms with van der Waals surface area (Å²) in [4.78, 5) is 17.9. The van der Waals surface area contributed by atoms with Crippen LogP contribution in [0.4, 0.5) is 0 Å². The van der Waals surface area contributed by atoms with Crippen molar-refractivity contribution in [2.24, 2.45) is 0 Å². The molecule has 122 valence electrons. The summed E-state index contributed by atoms with van der Waals surface area (Å²) in [6.07, 6.45) is 0.408. The number of hydrogen-bond donors (Lipinski definition) is 1. The Morgan fingerprint density at radius 1 is 1.08 bits per heavy atom. The minimum atomic E-state index is 0.0367. The van der Waals surface area contributed by atoms with Crippen molar-refractivity contribution in [1.29, 1.82) is 0 Å². The summed E-state index contributed by atoms with van der Waals surface area (Å²) in [5.74, 6) is 0.0367. The Bertz CT molecular complexity index is 840. The molecule has 0 radical (unpaired) electrons. The monoisotopic (exact) mass is 336 g/mol. The van der Waals surface area contributed by atoms with Crippen LogP contribution in [0.3, 0.4) is 0 Å². The normalized spacial score (nSPS) is 10.6. The average Bonchev–Trinajstić information content (AvgIpc) is 2.95. The van der Waals surface area contributed by atoms with E-state index in [0.29, 0.717) is 13.0 Å². The lowest BCUT2D eigenvalue weighted by Crippen LogP contribution is -2.24. The van der Waals surface area contributed by atoms with Crippen molar-refractivity contribution in [3.63, 3.8) is 0 Å². The highest BCUT2D eigenvalue weighted by Crippen LogP contribution is 2.27. The van der Waals surface area contributed by atoms with Gasteiger partial charge in [-0.2, -0.15) is 0 Å². The number of benzene rings is 2. The van der Waals surface area contributed by atoms with Crippen LogP contribution in [0.5, 0.6) is 0 Å². The van der Waals surface area contributed by atoms with Crippen LogP contribution >= 0.6 is 11.3 Å². The van der Waals surface area contributed by atoms with E-state index in [1.54, 1.807) is 11.3 Å². The standard InChI is InChI=1S/C20H20N2OS/c1-14-7-6-8-16(11-14)12-19(23)21-13-18-15(2)22-20(24-18)17-9-4-3-5-10-17/h3-11H,12-13H2,1-2H3,(H,21,23). The zero-order valence-corrected chi connectivity index (χ0v) is 14.7. The van der Waals surface area contributed by atoms with Gasteiger partial charge in [-0.25, -0.2) is 4.98 Å². The summed E-state index contributed by atoms with van der Waals surface area (Å²) in [5, 5.41) is 4.00. The first kappa shape index (κ1) is 16.4. The number of nitrogens with zero attached hydrogens (tertiary/aromatic N) is 1. The van der Waals surface area contributed by atoms with E-state index in [2.05, 4.69) is 22.4 Å². The summed E-state index contributed by atoms with van der Waals surface area (Å²) >= 11 is 1.64. The zero-order chi connectivity index (χ0) is 16.9. The van der Waals surface area contributed by atoms with Gasteiger partial charge >= 0.3 is 0 Å². The van der Waals surface area contributed by atoms with Crippen molar-refractivity contribution >= 4 is 17.2 Å². The second-order valence-electron chi connectivity index (χ2n) is 5.84. The lowest BCUT2D eigenvalue weighted by atomic mass is 10.1. The second kappa shape index (κ2) is 7.41. The van der Waals surface area contributed by atoms with Gasteiger partial charge in [-0.3, -0.25) is 4.79 Å². The second-order valence-corrected chi connectivity index (χ2v) is 6.92. The molecular weight excluding hydrogens is 316 g/mol. The van der Waals surface area contributed by atoms with Gasteiger partial charge in [0, 0.05) is 10.4 Å². The highest BCUT2D eigenvalue weighted by atomic mass is 32.1. The molecule has 3 nitrogen and oxygen atoms in total. The first-order valence-electron chi connectivity index (χ1n) is 7.96. The van der Waals surface area contributed by atoms with Crippen LogP contribution in [-0.4, -0.2) is 10.9 Å². The number of rotatable bonds is 5. The number of amides is 1. The number of aromatic nitrogens is 1. The van der Waals surface area contributed by atoms with E-state index in [4.69, 9.17) is 0 Å². The molecule has 1 N–H and O–H groups in total. The molecule has 0 unspecified atom stereocenters. The molecule has 0 aliphatic heterocycles. The highest BCUT2D eigenvalue weighted by molar-refractivity contribution is 7.15. The molecule has 1 heterocycles. The quantitative estimate of drug-likeness (QED) is 0.755. The van der Waals surface area contributed by atoms with Gasteiger partial charge in [-0.05, 0) is 19.4 Å². The Morgan fingerprint density at radius 3 is 2.62 bits per heavy atom. The highest BCUT2D eigenvalue weighted by Gasteiger charge is 2.11. The van der Waals surface area contributed by atoms with E-state index >= 15 is 0 Å². The molecule has 24 heavy (non-hydrogen) atoms. The molecule has 0 bridgehead atoms. The molecule has 0 saturated heterocycles. The van der Waals surface area contributed by atoms with Crippen LogP contribution in [0.2, 0.25) is 0 Å². The predicted octanol–water partition coefficient (Wildman–Crippen LogP) is 4.29. The molecule has 0 aliphatic carbocycles. The molecule has 0 atom stereocenters. The lowest BCUT2D eigenvalue weighted by Gasteiger charge is -2.05. The van der Waals surface area contributed by atoms with E-state index in [1.807, 2.05) is 56.3 Å². The van der Waals surface area contributed by atoms with Crippen LogP contribution in [0, 0.1) is 13.8 Å². The van der Waals surface area contributed by atoms with E-state index in [0.717, 1.165) is 26.7 Å². The molecule has 0 fully saturated rings. The Hall–Kier alpha value is -2.46. The number of carbonyl (C=O) groups excluding carboxylic acids is 1. The fourth-order valence-corrected chi connectivity index (χ4v) is 3.55. The minimum absolute atomic E-state index is 0.0367. The fourth-order valence-electron chi connectivity index (χ4n) is 2.55. The maximum atomic E-state index is 12.2. The van der Waals surface area contributed by atoms with Gasteiger partial charge in [0.15, 0.2) is 0 Å². The maximum Gasteiger partial charge on any atom is 0.224 e. The Balaban J connectivity index is 1.62. The summed E-state index contributed by atoms with van der Waals surface area (Å²) in [7, 11) is 0. The zero-order valence-electron chi connectivity index (χ0n) is 13.9. The Labute approximate surface area is 146 Å². The molecule has 0 spiro atoms. The molecule has 2 aromatic carbocycles. The summed E-state index contributed by atoms with van der Waals surface area (Å²) in [5.41, 5.74) is 4.31. The van der Waals surface area contributed by atoms with E-state index in [9.17, 15) is 4.79 Å². The average molecular weight is 336 g/mol. The van der Waals surface area contributed by atoms with E-state index in [-0.39, 0.29) is 5.91 Å². The van der Waals surface area contributed by atoms with Gasteiger partial charge in [-0.1, -0.05) is 60.2 Å². The van der Waals surface area contributed by atoms with E-state index in [1.165, 1.54) is 5.56 Å². The maximum absolute atomic E-state index is 12.2. The lowest BCUT2D eigenvalue weighted by molar-refractivity contribution is -0.120. The number of thiazole rings is 1. The SMILES string of the molecule is Cc1cccc(CC(=O)NCc2sc(-c3ccccc3)nc2C)c1. The van der Waals surface area contributed by atoms with Crippen molar-refractivity contribution in [3.05, 3.63) is 76.3 Å². The summed E-state index contributed by atoms with van der Waals surface area (Å²) in [6.45, 7) is 4.55. The summed E-state index contributed by atoms with van der Waals surface area (Å²) in [6, 6.07) is 18.2. The first-order valence-corrected chi connectivity index (χ1v) is 8.77. The minimum Gasteiger partial charge on any atom is -0.351 e. The molecule has 1 amide bonds. The third-order valence-corrected chi connectivity index (χ3v) is 5.01. The largest absolute Gasteiger partial charge is 0.351 e. The van der Waals surface area contributed by atoms with Crippen LogP contribution in [-0.2, 0) is 17.8 Å². The van der Waals surface area contributed by atoms with Crippen molar-refractivity contribution in [3.8, 4) is 10.6 Å². The van der Waals surface area contributed by atoms with Crippen molar-refractivity contribution in [2.75, 3.05) is 0 Å². The molecule has 0 aliphatic rings. The first-order chi connectivity index (χ1) is 11.6. The third kappa shape index (κ3) is 4.09. The van der Waals surface area contributed by atoms with Crippen LogP contribution < -0.4 is 5.32 Å². The van der Waals surface area contributed by atoms with Crippen molar-refractivity contribution < 1.29 is 4.79 Å². The van der Waals surface area contributed by atoms with E-state index < -0.39 is 0 Å². The van der Waals surface area contributed by atoms with Gasteiger partial charge < -0.3 is 5.32 Å². The van der Waals surface area contributed by atoms with Crippen LogP contribution in [0.25, 0.3) is 10.6 Å². The Morgan fingerprint density at radius 2 is 1.88 bits per heavy atom. The smallest absolute Gasteiger partial charge is 0.224 e. The number of nitrogens with one attached hydrogen (secondary N) is 1. The van der Waals surface area contributed by atoms with Gasteiger partial charge in [0.2, 0.25) is 5.91 Å². The fraction of sp³-hybridized carbons (Fsp3) is 0.200. The number of hydrogen-bond acceptors (Lipinski definition) is 3. The Kier molecular flexibility index (Phi) is 5.06. The van der Waals surface area contributed by atoms with Gasteiger partial charge in [0.25, 0.3) is 0 Å². The third-order valence-electron chi connectivity index (χ3n) is 3.81. The van der Waals surface area contributed by atoms with Crippen LogP contribution in [0.15, 0.2) is 54.6 Å². The predicted molar refractivity (Wildman–Crippen MR) is 99.0 cm³/mol. The van der Waals surface area contributed by atoms with Gasteiger partial charge in [0.1, 0.15) is 5.01 Å². The molecule has 3 aromatic rings. The number of aryl methyl sites for hydroxylation is 2. The van der Waals surface area contributed by atoms with Crippen LogP contribution in [0.1, 0.15) is 21.7 Å². The molecule has 3 rings (SSSR count). The van der Waals surface area contributed by atoms with Gasteiger partial charge in [-0.15, -0.1) is 11.3 Å². The van der Waals surface area contributed by atoms with Crippen molar-refractivity contribution in [1.82, 2.24) is 10.3 Å². The molecule has 4 heteroatoms. The summed E-state index contributed by atoms with van der Waals surface area (Å²) < 4.78 is 0. The number of carbonyl (C=O) groups is 1.